The van der Waals surface area contributed by atoms with Gasteiger partial charge < -0.3 is 15.1 Å². The molecule has 5 nitrogen and oxygen atoms in total. The van der Waals surface area contributed by atoms with Gasteiger partial charge in [-0.1, -0.05) is 37.1 Å². The van der Waals surface area contributed by atoms with Gasteiger partial charge in [0.25, 0.3) is 11.7 Å². The van der Waals surface area contributed by atoms with E-state index in [-0.39, 0.29) is 17.1 Å². The van der Waals surface area contributed by atoms with Gasteiger partial charge in [-0.05, 0) is 48.4 Å². The summed E-state index contributed by atoms with van der Waals surface area (Å²) in [4.78, 5) is 26.8. The Kier molecular flexibility index (Phi) is 5.51. The molecule has 0 aromatic heterocycles. The Morgan fingerprint density at radius 3 is 2.30 bits per heavy atom. The number of aromatic hydroxyl groups is 1. The van der Waals surface area contributed by atoms with E-state index in [1.165, 1.54) is 17.0 Å². The van der Waals surface area contributed by atoms with Crippen LogP contribution in [0, 0.1) is 0 Å². The Hall–Kier alpha value is -2.79. The van der Waals surface area contributed by atoms with Crippen molar-refractivity contribution in [1.29, 1.82) is 0 Å². The number of rotatable bonds is 5. The third-order valence-electron chi connectivity index (χ3n) is 4.62. The van der Waals surface area contributed by atoms with Crippen molar-refractivity contribution in [2.75, 3.05) is 6.54 Å². The van der Waals surface area contributed by atoms with Crippen LogP contribution < -0.4 is 0 Å². The van der Waals surface area contributed by atoms with Gasteiger partial charge in [-0.3, -0.25) is 9.59 Å². The van der Waals surface area contributed by atoms with Gasteiger partial charge in [0, 0.05) is 17.1 Å². The van der Waals surface area contributed by atoms with Crippen molar-refractivity contribution in [3.8, 4) is 5.75 Å². The minimum atomic E-state index is -0.711. The van der Waals surface area contributed by atoms with Crippen molar-refractivity contribution in [1.82, 2.24) is 4.90 Å². The molecular formula is C21H20ClNO4. The van der Waals surface area contributed by atoms with Crippen molar-refractivity contribution in [2.45, 2.75) is 25.8 Å². The fraction of sp³-hybridized carbons (Fsp3) is 0.238. The van der Waals surface area contributed by atoms with Crippen LogP contribution in [0.4, 0.5) is 0 Å². The number of ketones is 1. The van der Waals surface area contributed by atoms with Crippen LogP contribution >= 0.6 is 11.6 Å². The van der Waals surface area contributed by atoms with Crippen LogP contribution in [0.2, 0.25) is 5.02 Å². The lowest BCUT2D eigenvalue weighted by Gasteiger charge is -2.25. The number of likely N-dealkylation sites (tertiary alicyclic amines) is 1. The molecule has 1 amide bonds. The van der Waals surface area contributed by atoms with Gasteiger partial charge in [0.05, 0.1) is 11.6 Å². The summed E-state index contributed by atoms with van der Waals surface area (Å²) in [5.74, 6) is -1.49. The van der Waals surface area contributed by atoms with Gasteiger partial charge >= 0.3 is 0 Å². The van der Waals surface area contributed by atoms with E-state index in [0.29, 0.717) is 22.7 Å². The molecule has 2 aromatic rings. The second-order valence-corrected chi connectivity index (χ2v) is 6.88. The molecule has 1 atom stereocenters. The zero-order chi connectivity index (χ0) is 19.6. The first kappa shape index (κ1) is 19.0. The van der Waals surface area contributed by atoms with Crippen molar-refractivity contribution in [3.63, 3.8) is 0 Å². The SMILES string of the molecule is CCCCN1C(=O)C(=O)/C(=C(\O)c2ccc(Cl)cc2)C1c1ccc(O)cc1. The smallest absolute Gasteiger partial charge is 0.295 e. The van der Waals surface area contributed by atoms with Crippen LogP contribution in [-0.4, -0.2) is 33.3 Å². The number of hydrogen-bond acceptors (Lipinski definition) is 4. The van der Waals surface area contributed by atoms with Crippen molar-refractivity contribution in [3.05, 3.63) is 70.3 Å². The number of phenols is 1. The molecule has 6 heteroatoms. The summed E-state index contributed by atoms with van der Waals surface area (Å²) in [6.45, 7) is 2.41. The zero-order valence-corrected chi connectivity index (χ0v) is 15.6. The molecule has 1 fully saturated rings. The van der Waals surface area contributed by atoms with Crippen LogP contribution in [0.25, 0.3) is 5.76 Å². The normalized spacial score (nSPS) is 18.9. The van der Waals surface area contributed by atoms with Crippen LogP contribution in [-0.2, 0) is 9.59 Å². The second-order valence-electron chi connectivity index (χ2n) is 6.44. The average Bonchev–Trinajstić information content (AvgIpc) is 2.91. The number of unbranched alkanes of at least 4 members (excludes halogenated alkanes) is 1. The van der Waals surface area contributed by atoms with E-state index >= 15 is 0 Å². The van der Waals surface area contributed by atoms with E-state index in [1.807, 2.05) is 6.92 Å². The van der Waals surface area contributed by atoms with E-state index < -0.39 is 17.7 Å². The first-order valence-corrected chi connectivity index (χ1v) is 9.15. The summed E-state index contributed by atoms with van der Waals surface area (Å²) in [6, 6.07) is 12.0. The molecule has 2 aromatic carbocycles. The molecule has 0 spiro atoms. The van der Waals surface area contributed by atoms with Gasteiger partial charge in [0.2, 0.25) is 0 Å². The van der Waals surface area contributed by atoms with Gasteiger partial charge in [-0.15, -0.1) is 0 Å². The molecule has 140 valence electrons. The van der Waals surface area contributed by atoms with Crippen molar-refractivity contribution >= 4 is 29.1 Å². The summed E-state index contributed by atoms with van der Waals surface area (Å²) in [6.07, 6.45) is 1.60. The molecule has 0 radical (unpaired) electrons. The number of hydrogen-bond donors (Lipinski definition) is 2. The number of nitrogens with zero attached hydrogens (tertiary/aromatic N) is 1. The lowest BCUT2D eigenvalue weighted by atomic mass is 9.95. The highest BCUT2D eigenvalue weighted by Crippen LogP contribution is 2.39. The molecule has 0 bridgehead atoms. The number of amides is 1. The van der Waals surface area contributed by atoms with E-state index in [9.17, 15) is 19.8 Å². The quantitative estimate of drug-likeness (QED) is 0.457. The molecule has 1 unspecified atom stereocenters. The van der Waals surface area contributed by atoms with E-state index in [0.717, 1.165) is 12.8 Å². The minimum Gasteiger partial charge on any atom is -0.508 e. The monoisotopic (exact) mass is 385 g/mol. The van der Waals surface area contributed by atoms with Gasteiger partial charge in [0.1, 0.15) is 11.5 Å². The highest BCUT2D eigenvalue weighted by Gasteiger charge is 2.45. The minimum absolute atomic E-state index is 0.0455. The summed E-state index contributed by atoms with van der Waals surface area (Å²) >= 11 is 5.90. The Balaban J connectivity index is 2.14. The first-order chi connectivity index (χ1) is 12.9. The Labute approximate surface area is 162 Å². The number of aliphatic hydroxyl groups excluding tert-OH is 1. The molecule has 1 saturated heterocycles. The molecule has 1 heterocycles. The number of carbonyl (C=O) groups excluding carboxylic acids is 2. The van der Waals surface area contributed by atoms with Crippen LogP contribution in [0.1, 0.15) is 36.9 Å². The zero-order valence-electron chi connectivity index (χ0n) is 14.9. The summed E-state index contributed by atoms with van der Waals surface area (Å²) < 4.78 is 0. The van der Waals surface area contributed by atoms with E-state index in [4.69, 9.17) is 11.6 Å². The number of phenolic OH excluding ortho intramolecular Hbond substituents is 1. The molecular weight excluding hydrogens is 366 g/mol. The van der Waals surface area contributed by atoms with E-state index in [2.05, 4.69) is 0 Å². The summed E-state index contributed by atoms with van der Waals surface area (Å²) in [5, 5.41) is 20.9. The lowest BCUT2D eigenvalue weighted by Crippen LogP contribution is -2.30. The number of Topliss-reactive ketones (excluding diaryl/α,β-unsaturated/α-hetero) is 1. The third kappa shape index (κ3) is 3.69. The van der Waals surface area contributed by atoms with Gasteiger partial charge in [-0.25, -0.2) is 0 Å². The maximum Gasteiger partial charge on any atom is 0.295 e. The number of carbonyl (C=O) groups is 2. The number of halogens is 1. The van der Waals surface area contributed by atoms with Gasteiger partial charge in [0.15, 0.2) is 0 Å². The molecule has 0 saturated carbocycles. The standard InChI is InChI=1S/C21H20ClNO4/c1-2-3-12-23-18(13-6-10-16(24)11-7-13)17(20(26)21(23)27)19(25)14-4-8-15(22)9-5-14/h4-11,18,24-25H,2-3,12H2,1H3/b19-17-. The summed E-state index contributed by atoms with van der Waals surface area (Å²) in [5.41, 5.74) is 1.11. The molecule has 0 aliphatic carbocycles. The fourth-order valence-corrected chi connectivity index (χ4v) is 3.33. The maximum atomic E-state index is 12.7. The lowest BCUT2D eigenvalue weighted by molar-refractivity contribution is -0.139. The van der Waals surface area contributed by atoms with Crippen molar-refractivity contribution in [2.24, 2.45) is 0 Å². The third-order valence-corrected chi connectivity index (χ3v) is 4.87. The van der Waals surface area contributed by atoms with Gasteiger partial charge in [-0.2, -0.15) is 0 Å². The average molecular weight is 386 g/mol. The molecule has 27 heavy (non-hydrogen) atoms. The first-order valence-electron chi connectivity index (χ1n) is 8.77. The molecule has 2 N–H and O–H groups in total. The fourth-order valence-electron chi connectivity index (χ4n) is 3.21. The molecule has 1 aliphatic rings. The Morgan fingerprint density at radius 2 is 1.70 bits per heavy atom. The highest BCUT2D eigenvalue weighted by atomic mass is 35.5. The highest BCUT2D eigenvalue weighted by molar-refractivity contribution is 6.46. The molecule has 3 rings (SSSR count). The second kappa shape index (κ2) is 7.84. The number of aliphatic hydroxyl groups is 1. The van der Waals surface area contributed by atoms with Crippen LogP contribution in [0.3, 0.4) is 0 Å². The predicted octanol–water partition coefficient (Wildman–Crippen LogP) is 4.27. The number of benzene rings is 2. The van der Waals surface area contributed by atoms with Crippen LogP contribution in [0.15, 0.2) is 54.1 Å². The summed E-state index contributed by atoms with van der Waals surface area (Å²) in [7, 11) is 0. The van der Waals surface area contributed by atoms with Crippen LogP contribution in [0.5, 0.6) is 5.75 Å². The van der Waals surface area contributed by atoms with Crippen molar-refractivity contribution < 1.29 is 19.8 Å². The topological polar surface area (TPSA) is 77.8 Å². The molecule has 1 aliphatic heterocycles. The predicted molar refractivity (Wildman–Crippen MR) is 103 cm³/mol. The Bertz CT molecular complexity index is 887. The Morgan fingerprint density at radius 1 is 1.07 bits per heavy atom. The largest absolute Gasteiger partial charge is 0.508 e. The maximum absolute atomic E-state index is 12.7. The van der Waals surface area contributed by atoms with E-state index in [1.54, 1.807) is 36.4 Å².